The number of hydrogen-bond acceptors (Lipinski definition) is 1. The van der Waals surface area contributed by atoms with Crippen LogP contribution in [0.15, 0.2) is 36.0 Å². The molecule has 0 radical (unpaired) electrons. The Morgan fingerprint density at radius 1 is 1.53 bits per heavy atom. The highest BCUT2D eigenvalue weighted by atomic mass is 32.2. The fourth-order valence-corrected chi connectivity index (χ4v) is 2.67. The van der Waals surface area contributed by atoms with Crippen molar-refractivity contribution in [2.24, 2.45) is 5.92 Å². The summed E-state index contributed by atoms with van der Waals surface area (Å²) in [5.41, 5.74) is 2.70. The molecule has 0 heterocycles. The summed E-state index contributed by atoms with van der Waals surface area (Å²) in [5, 5.41) is 0. The molecule has 1 rings (SSSR count). The quantitative estimate of drug-likeness (QED) is 0.527. The summed E-state index contributed by atoms with van der Waals surface area (Å²) in [4.78, 5) is 0. The van der Waals surface area contributed by atoms with Crippen LogP contribution in [0.5, 0.6) is 0 Å². The molecule has 1 aliphatic carbocycles. The van der Waals surface area contributed by atoms with E-state index in [-0.39, 0.29) is 17.3 Å². The minimum absolute atomic E-state index is 0.0403. The van der Waals surface area contributed by atoms with Crippen molar-refractivity contribution in [3.63, 3.8) is 0 Å². The van der Waals surface area contributed by atoms with Gasteiger partial charge in [-0.15, -0.1) is 6.58 Å². The van der Waals surface area contributed by atoms with Crippen LogP contribution in [0.4, 0.5) is 0 Å². The molecule has 0 amide bonds. The zero-order valence-corrected chi connectivity index (χ0v) is 10.9. The first-order chi connectivity index (χ1) is 7.04. The number of hydrogen-bond donors (Lipinski definition) is 0. The van der Waals surface area contributed by atoms with Crippen LogP contribution in [-0.4, -0.2) is 18.6 Å². The van der Waals surface area contributed by atoms with E-state index in [2.05, 4.69) is 45.1 Å². The molecule has 15 heavy (non-hydrogen) atoms. The highest BCUT2D eigenvalue weighted by Gasteiger charge is 2.27. The van der Waals surface area contributed by atoms with Gasteiger partial charge in [0, 0.05) is 5.92 Å². The van der Waals surface area contributed by atoms with Crippen LogP contribution in [-0.2, 0) is 15.4 Å². The van der Waals surface area contributed by atoms with Gasteiger partial charge in [-0.25, -0.2) is 0 Å². The van der Waals surface area contributed by atoms with Gasteiger partial charge in [0.1, 0.15) is 29.8 Å². The van der Waals surface area contributed by atoms with Gasteiger partial charge in [0.05, 0.1) is 0 Å². The van der Waals surface area contributed by atoms with Crippen molar-refractivity contribution in [3.8, 4) is 0 Å². The second-order valence-electron chi connectivity index (χ2n) is 4.24. The molecule has 0 bridgehead atoms. The maximum absolute atomic E-state index is 5.93. The van der Waals surface area contributed by atoms with Crippen molar-refractivity contribution in [1.82, 2.24) is 0 Å². The molecule has 0 aromatic heterocycles. The van der Waals surface area contributed by atoms with Crippen LogP contribution >= 0.6 is 0 Å². The number of allylic oxidation sites excluding steroid dienone is 3. The van der Waals surface area contributed by atoms with Gasteiger partial charge in [-0.3, -0.25) is 0 Å². The van der Waals surface area contributed by atoms with E-state index in [0.29, 0.717) is 5.92 Å². The number of rotatable bonds is 4. The van der Waals surface area contributed by atoms with Crippen molar-refractivity contribution < 1.29 is 4.18 Å². The first-order valence-corrected chi connectivity index (χ1v) is 7.25. The molecule has 2 heteroatoms. The van der Waals surface area contributed by atoms with Crippen LogP contribution in [0.1, 0.15) is 20.3 Å². The van der Waals surface area contributed by atoms with Gasteiger partial charge in [0.15, 0.2) is 0 Å². The van der Waals surface area contributed by atoms with E-state index < -0.39 is 0 Å². The van der Waals surface area contributed by atoms with Gasteiger partial charge < -0.3 is 0 Å². The lowest BCUT2D eigenvalue weighted by Crippen LogP contribution is -2.27. The average Bonchev–Trinajstić information content (AvgIpc) is 2.11. The fourth-order valence-electron chi connectivity index (χ4n) is 1.93. The SMILES string of the molecule is C=CCC1=CC(C)C(O[S+](C)C)C(C)=C1. The van der Waals surface area contributed by atoms with E-state index in [1.54, 1.807) is 0 Å². The normalized spacial score (nSPS) is 26.2. The Balaban J connectivity index is 2.74. The zero-order chi connectivity index (χ0) is 11.4. The second kappa shape index (κ2) is 5.57. The molecule has 0 fully saturated rings. The molecule has 0 aliphatic heterocycles. The van der Waals surface area contributed by atoms with Crippen LogP contribution < -0.4 is 0 Å². The highest BCUT2D eigenvalue weighted by molar-refractivity contribution is 7.90. The first-order valence-electron chi connectivity index (χ1n) is 5.29. The molecule has 0 saturated heterocycles. The Labute approximate surface area is 96.5 Å². The lowest BCUT2D eigenvalue weighted by atomic mass is 9.88. The molecule has 1 nitrogen and oxygen atoms in total. The van der Waals surface area contributed by atoms with Crippen molar-refractivity contribution in [1.29, 1.82) is 0 Å². The van der Waals surface area contributed by atoms with E-state index in [1.165, 1.54) is 11.1 Å². The van der Waals surface area contributed by atoms with Crippen molar-refractivity contribution >= 4 is 11.2 Å². The maximum Gasteiger partial charge on any atom is 0.141 e. The summed E-state index contributed by atoms with van der Waals surface area (Å²) in [6.45, 7) is 8.15. The van der Waals surface area contributed by atoms with Gasteiger partial charge in [0.2, 0.25) is 0 Å². The predicted molar refractivity (Wildman–Crippen MR) is 69.9 cm³/mol. The standard InChI is InChI=1S/C13H21OS/c1-6-7-12-8-10(2)13(11(3)9-12)14-15(4)5/h6,8-10,13H,1,7H2,2-5H3/q+1. The summed E-state index contributed by atoms with van der Waals surface area (Å²) in [6.07, 6.45) is 11.9. The summed E-state index contributed by atoms with van der Waals surface area (Å²) < 4.78 is 5.93. The molecule has 0 N–H and O–H groups in total. The van der Waals surface area contributed by atoms with Crippen molar-refractivity contribution in [2.75, 3.05) is 12.5 Å². The molecular formula is C13H21OS+. The predicted octanol–water partition coefficient (Wildman–Crippen LogP) is 3.26. The third-order valence-electron chi connectivity index (χ3n) is 2.49. The lowest BCUT2D eigenvalue weighted by molar-refractivity contribution is 0.227. The lowest BCUT2D eigenvalue weighted by Gasteiger charge is -2.24. The van der Waals surface area contributed by atoms with E-state index in [4.69, 9.17) is 4.18 Å². The molecule has 0 aromatic rings. The molecule has 0 saturated carbocycles. The van der Waals surface area contributed by atoms with E-state index in [1.807, 2.05) is 6.08 Å². The molecule has 2 atom stereocenters. The molecule has 2 unspecified atom stereocenters. The molecular weight excluding hydrogens is 204 g/mol. The Morgan fingerprint density at radius 3 is 2.67 bits per heavy atom. The van der Waals surface area contributed by atoms with Gasteiger partial charge in [-0.05, 0) is 24.5 Å². The first kappa shape index (κ1) is 12.6. The zero-order valence-electron chi connectivity index (χ0n) is 10.1. The smallest absolute Gasteiger partial charge is 0.141 e. The van der Waals surface area contributed by atoms with Crippen LogP contribution in [0.25, 0.3) is 0 Å². The van der Waals surface area contributed by atoms with Crippen LogP contribution in [0.2, 0.25) is 0 Å². The Bertz CT molecular complexity index is 289. The molecule has 0 aromatic carbocycles. The van der Waals surface area contributed by atoms with Crippen LogP contribution in [0, 0.1) is 5.92 Å². The summed E-state index contributed by atoms with van der Waals surface area (Å²) >= 11 is 0.0403. The summed E-state index contributed by atoms with van der Waals surface area (Å²) in [7, 11) is 0. The Kier molecular flexibility index (Phi) is 4.68. The van der Waals surface area contributed by atoms with Gasteiger partial charge in [-0.2, -0.15) is 4.18 Å². The topological polar surface area (TPSA) is 9.23 Å². The Morgan fingerprint density at radius 2 is 2.20 bits per heavy atom. The van der Waals surface area contributed by atoms with Crippen molar-refractivity contribution in [3.05, 3.63) is 36.0 Å². The minimum atomic E-state index is 0.0403. The monoisotopic (exact) mass is 225 g/mol. The molecule has 84 valence electrons. The van der Waals surface area contributed by atoms with Crippen LogP contribution in [0.3, 0.4) is 0 Å². The Hall–Kier alpha value is -0.470. The average molecular weight is 225 g/mol. The fraction of sp³-hybridized carbons (Fsp3) is 0.538. The molecule has 0 spiro atoms. The van der Waals surface area contributed by atoms with Gasteiger partial charge >= 0.3 is 0 Å². The maximum atomic E-state index is 5.93. The van der Waals surface area contributed by atoms with Gasteiger partial charge in [0.25, 0.3) is 0 Å². The van der Waals surface area contributed by atoms with E-state index in [9.17, 15) is 0 Å². The highest BCUT2D eigenvalue weighted by Crippen LogP contribution is 2.28. The van der Waals surface area contributed by atoms with Crippen molar-refractivity contribution in [2.45, 2.75) is 26.4 Å². The van der Waals surface area contributed by atoms with E-state index >= 15 is 0 Å². The second-order valence-corrected chi connectivity index (χ2v) is 5.92. The largest absolute Gasteiger partial charge is 0.166 e. The van der Waals surface area contributed by atoms with Gasteiger partial charge in [-0.1, -0.05) is 25.2 Å². The summed E-state index contributed by atoms with van der Waals surface area (Å²) in [5.74, 6) is 0.472. The molecule has 1 aliphatic rings. The van der Waals surface area contributed by atoms with E-state index in [0.717, 1.165) is 6.42 Å². The minimum Gasteiger partial charge on any atom is -0.166 e. The third-order valence-corrected chi connectivity index (χ3v) is 3.08. The summed E-state index contributed by atoms with van der Waals surface area (Å²) in [6, 6.07) is 0. The third kappa shape index (κ3) is 3.54.